The number of halogens is 1. The van der Waals surface area contributed by atoms with E-state index in [1.807, 2.05) is 24.3 Å². The van der Waals surface area contributed by atoms with Crippen LogP contribution in [-0.4, -0.2) is 32.6 Å². The van der Waals surface area contributed by atoms with Gasteiger partial charge in [-0.25, -0.2) is 0 Å². The zero-order valence-corrected chi connectivity index (χ0v) is 14.8. The molecule has 0 aliphatic heterocycles. The molecule has 0 spiro atoms. The summed E-state index contributed by atoms with van der Waals surface area (Å²) in [5.41, 5.74) is 2.14. The van der Waals surface area contributed by atoms with Gasteiger partial charge in [0.25, 0.3) is 5.91 Å². The Morgan fingerprint density at radius 1 is 1.33 bits per heavy atom. The summed E-state index contributed by atoms with van der Waals surface area (Å²) in [6.07, 6.45) is 4.98. The number of hydrogen-bond acceptors (Lipinski definition) is 4. The van der Waals surface area contributed by atoms with Crippen LogP contribution in [0.5, 0.6) is 5.75 Å². The summed E-state index contributed by atoms with van der Waals surface area (Å²) in [5.74, 6) is 0.553. The Hall–Kier alpha value is -2.61. The maximum absolute atomic E-state index is 12.3. The Kier molecular flexibility index (Phi) is 4.66. The molecule has 3 aromatic rings. The van der Waals surface area contributed by atoms with Crippen molar-refractivity contribution in [3.63, 3.8) is 0 Å². The highest BCUT2D eigenvalue weighted by Crippen LogP contribution is 2.18. The number of carbonyl (C=O) groups excluding carboxylic acids is 1. The molecular weight excluding hydrogens is 374 g/mol. The lowest BCUT2D eigenvalue weighted by molar-refractivity contribution is 0.101. The highest BCUT2D eigenvalue weighted by molar-refractivity contribution is 9.10. The molecule has 0 saturated carbocycles. The van der Waals surface area contributed by atoms with E-state index in [9.17, 15) is 4.79 Å². The van der Waals surface area contributed by atoms with Gasteiger partial charge in [0.1, 0.15) is 11.4 Å². The zero-order chi connectivity index (χ0) is 17.1. The Morgan fingerprint density at radius 2 is 2.17 bits per heavy atom. The van der Waals surface area contributed by atoms with Crippen LogP contribution in [0.2, 0.25) is 0 Å². The first kappa shape index (κ1) is 16.3. The van der Waals surface area contributed by atoms with Crippen LogP contribution in [-0.2, 0) is 13.6 Å². The number of ether oxygens (including phenoxy) is 1. The van der Waals surface area contributed by atoms with Crippen LogP contribution in [0.4, 0.5) is 5.69 Å². The lowest BCUT2D eigenvalue weighted by atomic mass is 10.2. The summed E-state index contributed by atoms with van der Waals surface area (Å²) in [5, 5.41) is 11.1. The molecule has 124 valence electrons. The number of nitrogens with one attached hydrogen (secondary N) is 1. The highest BCUT2D eigenvalue weighted by Gasteiger charge is 2.16. The van der Waals surface area contributed by atoms with E-state index in [4.69, 9.17) is 4.74 Å². The fourth-order valence-electron chi connectivity index (χ4n) is 2.33. The molecule has 0 atom stereocenters. The van der Waals surface area contributed by atoms with Crippen LogP contribution < -0.4 is 10.1 Å². The van der Waals surface area contributed by atoms with Gasteiger partial charge in [-0.05, 0) is 33.6 Å². The Balaban J connectivity index is 1.70. The van der Waals surface area contributed by atoms with Crippen molar-refractivity contribution in [1.82, 2.24) is 19.6 Å². The average Bonchev–Trinajstić information content (AvgIpc) is 3.13. The molecule has 2 aromatic heterocycles. The molecule has 1 N–H and O–H groups in total. The normalized spacial score (nSPS) is 10.6. The van der Waals surface area contributed by atoms with Crippen molar-refractivity contribution in [2.24, 2.45) is 7.05 Å². The molecule has 2 heterocycles. The van der Waals surface area contributed by atoms with Crippen molar-refractivity contribution < 1.29 is 9.53 Å². The van der Waals surface area contributed by atoms with E-state index in [0.717, 1.165) is 11.3 Å². The minimum absolute atomic E-state index is 0.247. The number of hydrogen-bond donors (Lipinski definition) is 1. The van der Waals surface area contributed by atoms with E-state index >= 15 is 0 Å². The van der Waals surface area contributed by atoms with Gasteiger partial charge in [-0.1, -0.05) is 12.1 Å². The quantitative estimate of drug-likeness (QED) is 0.727. The van der Waals surface area contributed by atoms with Crippen molar-refractivity contribution in [3.8, 4) is 5.75 Å². The van der Waals surface area contributed by atoms with Crippen LogP contribution >= 0.6 is 15.9 Å². The average molecular weight is 390 g/mol. The standard InChI is InChI=1S/C16H16BrN5O2/c1-21-15(14(17)8-18-21)16(23)20-12-7-19-22(10-12)9-11-4-3-5-13(6-11)24-2/h3-8,10H,9H2,1-2H3,(H,20,23). The van der Waals surface area contributed by atoms with Crippen LogP contribution in [0.25, 0.3) is 0 Å². The highest BCUT2D eigenvalue weighted by atomic mass is 79.9. The summed E-state index contributed by atoms with van der Waals surface area (Å²) in [4.78, 5) is 12.3. The number of aryl methyl sites for hydroxylation is 1. The van der Waals surface area contributed by atoms with E-state index in [1.54, 1.807) is 37.4 Å². The lowest BCUT2D eigenvalue weighted by Gasteiger charge is -2.05. The van der Waals surface area contributed by atoms with Crippen molar-refractivity contribution in [1.29, 1.82) is 0 Å². The van der Waals surface area contributed by atoms with E-state index in [2.05, 4.69) is 31.4 Å². The molecule has 0 fully saturated rings. The molecule has 0 radical (unpaired) electrons. The first-order valence-corrected chi connectivity index (χ1v) is 8.00. The second kappa shape index (κ2) is 6.88. The Labute approximate surface area is 147 Å². The van der Waals surface area contributed by atoms with Crippen LogP contribution in [0, 0.1) is 0 Å². The number of nitrogens with zero attached hydrogens (tertiary/aromatic N) is 4. The van der Waals surface area contributed by atoms with Gasteiger partial charge < -0.3 is 10.1 Å². The smallest absolute Gasteiger partial charge is 0.275 e. The largest absolute Gasteiger partial charge is 0.497 e. The summed E-state index contributed by atoms with van der Waals surface area (Å²) < 4.78 is 9.13. The molecule has 7 nitrogen and oxygen atoms in total. The Bertz CT molecular complexity index is 851. The van der Waals surface area contributed by atoms with Gasteiger partial charge in [-0.15, -0.1) is 0 Å². The number of benzene rings is 1. The topological polar surface area (TPSA) is 74.0 Å². The van der Waals surface area contributed by atoms with E-state index < -0.39 is 0 Å². The van der Waals surface area contributed by atoms with Crippen LogP contribution in [0.15, 0.2) is 47.3 Å². The number of aromatic nitrogens is 4. The number of anilines is 1. The van der Waals surface area contributed by atoms with Gasteiger partial charge in [-0.2, -0.15) is 10.2 Å². The van der Waals surface area contributed by atoms with E-state index in [-0.39, 0.29) is 5.91 Å². The third-order valence-corrected chi connectivity index (χ3v) is 4.06. The van der Waals surface area contributed by atoms with Gasteiger partial charge in [0.2, 0.25) is 0 Å². The molecule has 0 saturated heterocycles. The molecular formula is C16H16BrN5O2. The fourth-order valence-corrected chi connectivity index (χ4v) is 2.86. The SMILES string of the molecule is COc1cccc(Cn2cc(NC(=O)c3c(Br)cnn3C)cn2)c1. The van der Waals surface area contributed by atoms with E-state index in [0.29, 0.717) is 22.4 Å². The zero-order valence-electron chi connectivity index (χ0n) is 13.2. The fraction of sp³-hybridized carbons (Fsp3) is 0.188. The minimum Gasteiger partial charge on any atom is -0.497 e. The van der Waals surface area contributed by atoms with Crippen molar-refractivity contribution >= 4 is 27.5 Å². The van der Waals surface area contributed by atoms with E-state index in [1.165, 1.54) is 4.68 Å². The number of amides is 1. The van der Waals surface area contributed by atoms with Crippen molar-refractivity contribution in [2.75, 3.05) is 12.4 Å². The van der Waals surface area contributed by atoms with Gasteiger partial charge in [-0.3, -0.25) is 14.2 Å². The maximum Gasteiger partial charge on any atom is 0.275 e. The first-order valence-electron chi connectivity index (χ1n) is 7.21. The third-order valence-electron chi connectivity index (χ3n) is 3.48. The van der Waals surface area contributed by atoms with Crippen LogP contribution in [0.3, 0.4) is 0 Å². The molecule has 0 aliphatic carbocycles. The lowest BCUT2D eigenvalue weighted by Crippen LogP contribution is -2.16. The molecule has 3 rings (SSSR count). The maximum atomic E-state index is 12.3. The van der Waals surface area contributed by atoms with Crippen molar-refractivity contribution in [3.05, 3.63) is 58.6 Å². The molecule has 1 amide bonds. The Morgan fingerprint density at radius 3 is 2.88 bits per heavy atom. The van der Waals surface area contributed by atoms with Gasteiger partial charge >= 0.3 is 0 Å². The first-order chi connectivity index (χ1) is 11.6. The molecule has 0 bridgehead atoms. The minimum atomic E-state index is -0.247. The van der Waals surface area contributed by atoms with Gasteiger partial charge in [0, 0.05) is 13.2 Å². The van der Waals surface area contributed by atoms with Crippen molar-refractivity contribution in [2.45, 2.75) is 6.54 Å². The third kappa shape index (κ3) is 3.48. The molecule has 0 aliphatic rings. The molecule has 24 heavy (non-hydrogen) atoms. The predicted octanol–water partition coefficient (Wildman–Crippen LogP) is 2.69. The monoisotopic (exact) mass is 389 g/mol. The summed E-state index contributed by atoms with van der Waals surface area (Å²) >= 11 is 3.32. The second-order valence-corrected chi connectivity index (χ2v) is 6.05. The summed E-state index contributed by atoms with van der Waals surface area (Å²) in [6, 6.07) is 7.77. The molecule has 8 heteroatoms. The molecule has 0 unspecified atom stereocenters. The summed E-state index contributed by atoms with van der Waals surface area (Å²) in [6.45, 7) is 0.586. The second-order valence-electron chi connectivity index (χ2n) is 5.20. The number of rotatable bonds is 5. The van der Waals surface area contributed by atoms with Crippen LogP contribution in [0.1, 0.15) is 16.1 Å². The molecule has 1 aromatic carbocycles. The van der Waals surface area contributed by atoms with Gasteiger partial charge in [0.05, 0.1) is 36.2 Å². The number of methoxy groups -OCH3 is 1. The number of carbonyl (C=O) groups is 1. The summed E-state index contributed by atoms with van der Waals surface area (Å²) in [7, 11) is 3.35. The van der Waals surface area contributed by atoms with Gasteiger partial charge in [0.15, 0.2) is 0 Å². The predicted molar refractivity (Wildman–Crippen MR) is 93.2 cm³/mol.